The average molecular weight is 330 g/mol. The minimum absolute atomic E-state index is 0.307. The molecule has 1 amide bonds. The number of anilines is 1. The van der Waals surface area contributed by atoms with Crippen molar-refractivity contribution in [3.8, 4) is 11.3 Å². The van der Waals surface area contributed by atoms with Crippen molar-refractivity contribution >= 4 is 23.2 Å². The Kier molecular flexibility index (Phi) is 4.12. The van der Waals surface area contributed by atoms with E-state index in [1.54, 1.807) is 30.3 Å². The van der Waals surface area contributed by atoms with Crippen molar-refractivity contribution in [1.82, 2.24) is 10.2 Å². The minimum atomic E-state index is -0.328. The molecule has 2 N–H and O–H groups in total. The lowest BCUT2D eigenvalue weighted by molar-refractivity contribution is 0.102. The molecule has 4 nitrogen and oxygen atoms in total. The van der Waals surface area contributed by atoms with Crippen LogP contribution < -0.4 is 5.32 Å². The second-order valence-corrected chi connectivity index (χ2v) is 5.50. The zero-order chi connectivity index (χ0) is 16.4. The molecule has 0 saturated carbocycles. The number of carbonyl (C=O) groups is 1. The molecule has 0 fully saturated rings. The highest BCUT2D eigenvalue weighted by Gasteiger charge is 2.12. The zero-order valence-electron chi connectivity index (χ0n) is 12.2. The number of aromatic nitrogens is 2. The maximum Gasteiger partial charge on any atom is 0.273 e. The van der Waals surface area contributed by atoms with E-state index in [0.29, 0.717) is 22.1 Å². The number of amides is 1. The summed E-state index contributed by atoms with van der Waals surface area (Å²) in [5, 5.41) is 10.1. The van der Waals surface area contributed by atoms with Gasteiger partial charge in [0.25, 0.3) is 5.91 Å². The third-order valence-corrected chi connectivity index (χ3v) is 3.80. The topological polar surface area (TPSA) is 57.8 Å². The third-order valence-electron chi connectivity index (χ3n) is 3.39. The molecule has 0 radical (unpaired) electrons. The monoisotopic (exact) mass is 329 g/mol. The van der Waals surface area contributed by atoms with Crippen molar-refractivity contribution in [2.45, 2.75) is 6.92 Å². The second-order valence-electron chi connectivity index (χ2n) is 5.09. The quantitative estimate of drug-likeness (QED) is 0.746. The molecule has 1 heterocycles. The fraction of sp³-hybridized carbons (Fsp3) is 0.0588. The van der Waals surface area contributed by atoms with Crippen LogP contribution >= 0.6 is 11.6 Å². The summed E-state index contributed by atoms with van der Waals surface area (Å²) in [7, 11) is 0. The average Bonchev–Trinajstić information content (AvgIpc) is 3.02. The molecule has 3 aromatic rings. The number of nitrogens with one attached hydrogen (secondary N) is 2. The van der Waals surface area contributed by atoms with Crippen LogP contribution in [0.2, 0.25) is 5.02 Å². The van der Waals surface area contributed by atoms with Gasteiger partial charge >= 0.3 is 0 Å². The maximum absolute atomic E-state index is 12.9. The van der Waals surface area contributed by atoms with Crippen LogP contribution in [0.15, 0.2) is 48.5 Å². The van der Waals surface area contributed by atoms with Gasteiger partial charge in [0.2, 0.25) is 0 Å². The van der Waals surface area contributed by atoms with Gasteiger partial charge in [-0.3, -0.25) is 9.89 Å². The van der Waals surface area contributed by atoms with Crippen molar-refractivity contribution in [1.29, 1.82) is 0 Å². The Morgan fingerprint density at radius 1 is 1.17 bits per heavy atom. The molecule has 3 rings (SSSR count). The molecule has 0 aliphatic carbocycles. The SMILES string of the molecule is Cc1ccc(NC(=O)c2cc(-c3ccc(F)cc3)n[nH]2)cc1Cl. The summed E-state index contributed by atoms with van der Waals surface area (Å²) >= 11 is 6.04. The third kappa shape index (κ3) is 3.40. The Bertz CT molecular complexity index is 859. The van der Waals surface area contributed by atoms with Crippen LogP contribution in [0.3, 0.4) is 0 Å². The molecule has 6 heteroatoms. The van der Waals surface area contributed by atoms with Crippen molar-refractivity contribution in [2.75, 3.05) is 5.32 Å². The van der Waals surface area contributed by atoms with Gasteiger partial charge in [0.05, 0.1) is 5.69 Å². The van der Waals surface area contributed by atoms with Gasteiger partial charge in [0.15, 0.2) is 0 Å². The van der Waals surface area contributed by atoms with Gasteiger partial charge in [0, 0.05) is 16.3 Å². The van der Waals surface area contributed by atoms with E-state index >= 15 is 0 Å². The number of rotatable bonds is 3. The van der Waals surface area contributed by atoms with Crippen LogP contribution in [0, 0.1) is 12.7 Å². The number of carbonyl (C=O) groups excluding carboxylic acids is 1. The van der Waals surface area contributed by atoms with Crippen molar-refractivity contribution in [3.05, 3.63) is 70.6 Å². The van der Waals surface area contributed by atoms with Crippen molar-refractivity contribution in [2.24, 2.45) is 0 Å². The fourth-order valence-electron chi connectivity index (χ4n) is 2.08. The van der Waals surface area contributed by atoms with Crippen LogP contribution in [-0.2, 0) is 0 Å². The summed E-state index contributed by atoms with van der Waals surface area (Å²) in [5.74, 6) is -0.649. The normalized spacial score (nSPS) is 10.6. The summed E-state index contributed by atoms with van der Waals surface area (Å²) in [4.78, 5) is 12.2. The van der Waals surface area contributed by atoms with E-state index < -0.39 is 0 Å². The highest BCUT2D eigenvalue weighted by molar-refractivity contribution is 6.31. The number of hydrogen-bond donors (Lipinski definition) is 2. The first kappa shape index (κ1) is 15.2. The minimum Gasteiger partial charge on any atom is -0.321 e. The van der Waals surface area contributed by atoms with Crippen LogP contribution in [-0.4, -0.2) is 16.1 Å². The molecular weight excluding hydrogens is 317 g/mol. The number of aryl methyl sites for hydroxylation is 1. The van der Waals surface area contributed by atoms with Gasteiger partial charge < -0.3 is 5.32 Å². The summed E-state index contributed by atoms with van der Waals surface area (Å²) in [5.41, 5.74) is 3.13. The van der Waals surface area contributed by atoms with Crippen LogP contribution in [0.25, 0.3) is 11.3 Å². The lowest BCUT2D eigenvalue weighted by Gasteiger charge is -2.05. The van der Waals surface area contributed by atoms with Gasteiger partial charge in [-0.1, -0.05) is 17.7 Å². The predicted octanol–water partition coefficient (Wildman–Crippen LogP) is 4.43. The van der Waals surface area contributed by atoms with E-state index in [2.05, 4.69) is 15.5 Å². The molecule has 0 aliphatic heterocycles. The molecule has 0 unspecified atom stereocenters. The molecule has 1 aromatic heterocycles. The van der Waals surface area contributed by atoms with Crippen molar-refractivity contribution < 1.29 is 9.18 Å². The van der Waals surface area contributed by atoms with Crippen molar-refractivity contribution in [3.63, 3.8) is 0 Å². The molecule has 0 spiro atoms. The van der Waals surface area contributed by atoms with Gasteiger partial charge in [-0.25, -0.2) is 4.39 Å². The lowest BCUT2D eigenvalue weighted by atomic mass is 10.1. The van der Waals surface area contributed by atoms with Gasteiger partial charge in [0.1, 0.15) is 11.5 Å². The first-order valence-electron chi connectivity index (χ1n) is 6.92. The lowest BCUT2D eigenvalue weighted by Crippen LogP contribution is -2.12. The second kappa shape index (κ2) is 6.22. The maximum atomic E-state index is 12.9. The number of halogens is 2. The Morgan fingerprint density at radius 3 is 2.61 bits per heavy atom. The number of nitrogens with zero attached hydrogens (tertiary/aromatic N) is 1. The smallest absolute Gasteiger partial charge is 0.273 e. The number of aromatic amines is 1. The standard InChI is InChI=1S/C17H13ClFN3O/c1-10-2-7-13(8-14(10)18)20-17(23)16-9-15(21-22-16)11-3-5-12(19)6-4-11/h2-9H,1H3,(H,20,23)(H,21,22). The van der Waals surface area contributed by atoms with E-state index in [0.717, 1.165) is 11.1 Å². The Labute approximate surface area is 137 Å². The molecular formula is C17H13ClFN3O. The fourth-order valence-corrected chi connectivity index (χ4v) is 2.26. The zero-order valence-corrected chi connectivity index (χ0v) is 13.0. The van der Waals surface area contributed by atoms with Gasteiger partial charge in [-0.15, -0.1) is 0 Å². The molecule has 0 aliphatic rings. The molecule has 0 bridgehead atoms. The predicted molar refractivity (Wildman–Crippen MR) is 88.1 cm³/mol. The van der Waals surface area contributed by atoms with E-state index in [4.69, 9.17) is 11.6 Å². The van der Waals surface area contributed by atoms with E-state index in [9.17, 15) is 9.18 Å². The van der Waals surface area contributed by atoms with E-state index in [-0.39, 0.29) is 11.7 Å². The Balaban J connectivity index is 1.78. The Morgan fingerprint density at radius 2 is 1.91 bits per heavy atom. The summed E-state index contributed by atoms with van der Waals surface area (Å²) in [6.07, 6.45) is 0. The molecule has 0 atom stereocenters. The molecule has 116 valence electrons. The van der Waals surface area contributed by atoms with Crippen LogP contribution in [0.4, 0.5) is 10.1 Å². The molecule has 23 heavy (non-hydrogen) atoms. The summed E-state index contributed by atoms with van der Waals surface area (Å²) < 4.78 is 12.9. The van der Waals surface area contributed by atoms with Gasteiger partial charge in [-0.2, -0.15) is 5.10 Å². The van der Waals surface area contributed by atoms with Crippen LogP contribution in [0.5, 0.6) is 0 Å². The summed E-state index contributed by atoms with van der Waals surface area (Å²) in [6.45, 7) is 1.89. The first-order valence-corrected chi connectivity index (χ1v) is 7.29. The summed E-state index contributed by atoms with van der Waals surface area (Å²) in [6, 6.07) is 12.8. The number of benzene rings is 2. The number of hydrogen-bond acceptors (Lipinski definition) is 2. The highest BCUT2D eigenvalue weighted by atomic mass is 35.5. The van der Waals surface area contributed by atoms with E-state index in [1.165, 1.54) is 12.1 Å². The molecule has 2 aromatic carbocycles. The van der Waals surface area contributed by atoms with E-state index in [1.807, 2.05) is 13.0 Å². The molecule has 0 saturated heterocycles. The van der Waals surface area contributed by atoms with Gasteiger partial charge in [-0.05, 0) is 55.0 Å². The van der Waals surface area contributed by atoms with Crippen LogP contribution in [0.1, 0.15) is 16.1 Å². The number of H-pyrrole nitrogens is 1. The highest BCUT2D eigenvalue weighted by Crippen LogP contribution is 2.21. The Hall–Kier alpha value is -2.66. The first-order chi connectivity index (χ1) is 11.0. The largest absolute Gasteiger partial charge is 0.321 e.